The number of nitrogens with zero attached hydrogens (tertiary/aromatic N) is 4. The molecule has 2 aromatic rings. The molecule has 0 spiro atoms. The van der Waals surface area contributed by atoms with E-state index in [4.69, 9.17) is 22.0 Å². The molecule has 8 heteroatoms. The van der Waals surface area contributed by atoms with Gasteiger partial charge >= 0.3 is 0 Å². The molecule has 3 rings (SSSR count). The topological polar surface area (TPSA) is 83.4 Å². The number of amidine groups is 1. The number of hydrogen-bond donors (Lipinski definition) is 3. The van der Waals surface area contributed by atoms with Gasteiger partial charge in [0.1, 0.15) is 12.5 Å². The van der Waals surface area contributed by atoms with E-state index in [1.54, 1.807) is 0 Å². The summed E-state index contributed by atoms with van der Waals surface area (Å²) in [5, 5.41) is 19.9. The molecule has 1 unspecified atom stereocenters. The predicted octanol–water partition coefficient (Wildman–Crippen LogP) is 5.65. The smallest absolute Gasteiger partial charge is 0.149 e. The van der Waals surface area contributed by atoms with E-state index < -0.39 is 0 Å². The monoisotopic (exact) mass is 495 g/mol. The summed E-state index contributed by atoms with van der Waals surface area (Å²) >= 11 is 6.16. The highest BCUT2D eigenvalue weighted by atomic mass is 35.5. The Morgan fingerprint density at radius 3 is 2.91 bits per heavy atom. The first-order valence-electron chi connectivity index (χ1n) is 12.4. The fraction of sp³-hybridized carbons (Fsp3) is 0.444. The van der Waals surface area contributed by atoms with Crippen LogP contribution in [0.4, 0.5) is 5.82 Å². The van der Waals surface area contributed by atoms with E-state index in [1.165, 1.54) is 0 Å². The molecule has 1 aromatic carbocycles. The maximum Gasteiger partial charge on any atom is 0.149 e. The van der Waals surface area contributed by atoms with Crippen LogP contribution in [0.15, 0.2) is 47.5 Å². The number of hydrogen-bond acceptors (Lipinski definition) is 5. The number of aliphatic imine (C=N–C) groups is 1. The van der Waals surface area contributed by atoms with E-state index in [2.05, 4.69) is 51.4 Å². The summed E-state index contributed by atoms with van der Waals surface area (Å²) in [5.74, 6) is 1.71. The van der Waals surface area contributed by atoms with Crippen LogP contribution in [-0.4, -0.2) is 71.4 Å². The number of allylic oxidation sites excluding steroid dienone is 2. The molecule has 2 heterocycles. The van der Waals surface area contributed by atoms with Gasteiger partial charge in [-0.1, -0.05) is 42.8 Å². The van der Waals surface area contributed by atoms with Gasteiger partial charge in [0, 0.05) is 42.9 Å². The van der Waals surface area contributed by atoms with Crippen LogP contribution in [0.2, 0.25) is 5.02 Å². The number of H-pyrrole nitrogens is 1. The van der Waals surface area contributed by atoms with Gasteiger partial charge in [-0.25, -0.2) is 0 Å². The largest absolute Gasteiger partial charge is 0.359 e. The molecule has 0 radical (unpaired) electrons. The quantitative estimate of drug-likeness (QED) is 0.293. The Kier molecular flexibility index (Phi) is 10.6. The number of rotatable bonds is 10. The number of benzene rings is 1. The highest BCUT2D eigenvalue weighted by molar-refractivity contribution is 6.30. The van der Waals surface area contributed by atoms with Gasteiger partial charge in [-0.3, -0.25) is 15.5 Å². The van der Waals surface area contributed by atoms with Gasteiger partial charge in [-0.15, -0.1) is 0 Å². The first-order valence-corrected chi connectivity index (χ1v) is 12.7. The molecular formula is C27H38ClN7. The Morgan fingerprint density at radius 1 is 1.26 bits per heavy atom. The van der Waals surface area contributed by atoms with Gasteiger partial charge < -0.3 is 15.1 Å². The second-order valence-corrected chi connectivity index (χ2v) is 9.48. The van der Waals surface area contributed by atoms with Crippen LogP contribution in [0.1, 0.15) is 44.4 Å². The predicted molar refractivity (Wildman–Crippen MR) is 150 cm³/mol. The van der Waals surface area contributed by atoms with Gasteiger partial charge in [-0.2, -0.15) is 5.10 Å². The molecule has 1 saturated heterocycles. The lowest BCUT2D eigenvalue weighted by atomic mass is 9.98. The Balaban J connectivity index is 1.64. The first-order chi connectivity index (χ1) is 16.9. The molecule has 3 N–H and O–H groups in total. The third-order valence-corrected chi connectivity index (χ3v) is 6.42. The van der Waals surface area contributed by atoms with E-state index in [0.717, 1.165) is 74.1 Å². The summed E-state index contributed by atoms with van der Waals surface area (Å²) in [5.41, 5.74) is 2.98. The van der Waals surface area contributed by atoms with Gasteiger partial charge in [0.15, 0.2) is 0 Å². The number of anilines is 1. The van der Waals surface area contributed by atoms with E-state index >= 15 is 0 Å². The average molecular weight is 496 g/mol. The summed E-state index contributed by atoms with van der Waals surface area (Å²) in [7, 11) is 2.16. The Morgan fingerprint density at radius 2 is 2.11 bits per heavy atom. The van der Waals surface area contributed by atoms with Crippen molar-refractivity contribution in [1.29, 1.82) is 5.41 Å². The van der Waals surface area contributed by atoms with Crippen molar-refractivity contribution in [2.75, 3.05) is 45.2 Å². The molecule has 0 saturated carbocycles. The SMILES string of the molecule is C/C=C/c1cc(NCN=C(/C=C/c2cccc(Cl)c2)C(C)CCC(=N)N2CCCN(C)CC2)n[nH]1. The molecule has 1 aromatic heterocycles. The Labute approximate surface area is 214 Å². The van der Waals surface area contributed by atoms with E-state index in [0.29, 0.717) is 11.7 Å². The van der Waals surface area contributed by atoms with Crippen molar-refractivity contribution in [2.24, 2.45) is 10.9 Å². The summed E-state index contributed by atoms with van der Waals surface area (Å²) < 4.78 is 0. The van der Waals surface area contributed by atoms with E-state index in [-0.39, 0.29) is 5.92 Å². The minimum absolute atomic E-state index is 0.208. The van der Waals surface area contributed by atoms with E-state index in [9.17, 15) is 0 Å². The highest BCUT2D eigenvalue weighted by Gasteiger charge is 2.16. The average Bonchev–Trinajstić information content (AvgIpc) is 3.17. The molecule has 0 aliphatic carbocycles. The van der Waals surface area contributed by atoms with Crippen LogP contribution >= 0.6 is 11.6 Å². The van der Waals surface area contributed by atoms with E-state index in [1.807, 2.05) is 49.4 Å². The van der Waals surface area contributed by atoms with Crippen molar-refractivity contribution in [3.05, 3.63) is 58.8 Å². The third-order valence-electron chi connectivity index (χ3n) is 6.18. The molecule has 1 aliphatic heterocycles. The lowest BCUT2D eigenvalue weighted by molar-refractivity contribution is 0.344. The molecule has 1 fully saturated rings. The van der Waals surface area contributed by atoms with Gasteiger partial charge in [0.2, 0.25) is 0 Å². The van der Waals surface area contributed by atoms with Crippen molar-refractivity contribution in [3.63, 3.8) is 0 Å². The minimum Gasteiger partial charge on any atom is -0.359 e. The zero-order valence-electron chi connectivity index (χ0n) is 21.1. The van der Waals surface area contributed by atoms with Gasteiger partial charge in [0.25, 0.3) is 0 Å². The van der Waals surface area contributed by atoms with Crippen LogP contribution in [0, 0.1) is 11.3 Å². The van der Waals surface area contributed by atoms with Crippen LogP contribution < -0.4 is 5.32 Å². The second-order valence-electron chi connectivity index (χ2n) is 9.05. The second kappa shape index (κ2) is 13.9. The number of halogens is 1. The van der Waals surface area contributed by atoms with Crippen molar-refractivity contribution in [3.8, 4) is 0 Å². The molecular weight excluding hydrogens is 458 g/mol. The fourth-order valence-corrected chi connectivity index (χ4v) is 4.24. The summed E-state index contributed by atoms with van der Waals surface area (Å²) in [6.45, 7) is 8.60. The van der Waals surface area contributed by atoms with Crippen molar-refractivity contribution in [2.45, 2.75) is 33.1 Å². The Hall–Kier alpha value is -2.90. The van der Waals surface area contributed by atoms with Gasteiger partial charge in [0.05, 0.1) is 11.5 Å². The molecule has 1 aliphatic rings. The highest BCUT2D eigenvalue weighted by Crippen LogP contribution is 2.16. The molecule has 35 heavy (non-hydrogen) atoms. The molecule has 188 valence electrons. The molecule has 0 bridgehead atoms. The zero-order valence-corrected chi connectivity index (χ0v) is 21.9. The number of aromatic nitrogens is 2. The summed E-state index contributed by atoms with van der Waals surface area (Å²) in [6.07, 6.45) is 10.8. The van der Waals surface area contributed by atoms with Crippen LogP contribution in [0.25, 0.3) is 12.2 Å². The van der Waals surface area contributed by atoms with Gasteiger partial charge in [-0.05, 0) is 69.1 Å². The Bertz CT molecular complexity index is 1040. The number of nitrogens with one attached hydrogen (secondary N) is 3. The van der Waals surface area contributed by atoms with Crippen LogP contribution in [0.5, 0.6) is 0 Å². The normalized spacial score (nSPS) is 16.7. The molecule has 0 amide bonds. The van der Waals surface area contributed by atoms with Crippen molar-refractivity contribution >= 4 is 41.1 Å². The molecule has 7 nitrogen and oxygen atoms in total. The number of aromatic amines is 1. The third kappa shape index (κ3) is 9.00. The van der Waals surface area contributed by atoms with Crippen molar-refractivity contribution < 1.29 is 0 Å². The first kappa shape index (κ1) is 26.7. The lowest BCUT2D eigenvalue weighted by Gasteiger charge is -2.24. The maximum atomic E-state index is 8.63. The maximum absolute atomic E-state index is 8.63. The minimum atomic E-state index is 0.208. The standard InChI is InChI=1S/C27H38ClN7/c1-4-7-24-19-27(33-32-24)31-20-30-25(12-11-22-8-5-9-23(28)18-22)21(2)10-13-26(29)35-15-6-14-34(3)16-17-35/h4-5,7-9,11-12,18-19,21,29H,6,10,13-17,20H2,1-3H3,(H2,31,32,33)/b7-4+,12-11+,29-26?,30-25?. The summed E-state index contributed by atoms with van der Waals surface area (Å²) in [4.78, 5) is 9.43. The fourth-order valence-electron chi connectivity index (χ4n) is 4.04. The van der Waals surface area contributed by atoms with Crippen LogP contribution in [-0.2, 0) is 0 Å². The molecule has 1 atom stereocenters. The summed E-state index contributed by atoms with van der Waals surface area (Å²) in [6, 6.07) is 9.75. The van der Waals surface area contributed by atoms with Crippen LogP contribution in [0.3, 0.4) is 0 Å². The number of likely N-dealkylation sites (N-methyl/N-ethyl adjacent to an activating group) is 1. The zero-order chi connectivity index (χ0) is 25.0. The lowest BCUT2D eigenvalue weighted by Crippen LogP contribution is -2.34. The van der Waals surface area contributed by atoms with Crippen molar-refractivity contribution in [1.82, 2.24) is 20.0 Å².